The molecule has 2 aromatic carbocycles. The van der Waals surface area contributed by atoms with E-state index >= 15 is 0 Å². The molecule has 1 aliphatic heterocycles. The van der Waals surface area contributed by atoms with Gasteiger partial charge in [0.15, 0.2) is 0 Å². The fourth-order valence-electron chi connectivity index (χ4n) is 3.81. The third kappa shape index (κ3) is 2.46. The molecule has 0 radical (unpaired) electrons. The number of halogens is 2. The van der Waals surface area contributed by atoms with Crippen LogP contribution in [0.2, 0.25) is 10.0 Å². The molecule has 0 spiro atoms. The molecule has 2 aromatic rings. The molecule has 0 saturated heterocycles. The lowest BCUT2D eigenvalue weighted by molar-refractivity contribution is -0.384. The highest BCUT2D eigenvalue weighted by molar-refractivity contribution is 6.35. The Kier molecular flexibility index (Phi) is 3.74. The molecule has 6 heteroatoms. The predicted octanol–water partition coefficient (Wildman–Crippen LogP) is 5.73. The molecule has 1 heterocycles. The van der Waals surface area contributed by atoms with E-state index in [1.807, 2.05) is 12.1 Å². The number of allylic oxidation sites excluding steroid dienone is 2. The first-order valence-electron chi connectivity index (χ1n) is 7.71. The average Bonchev–Trinajstić information content (AvgIpc) is 3.02. The number of nitro groups is 1. The summed E-state index contributed by atoms with van der Waals surface area (Å²) in [5.41, 5.74) is 2.97. The zero-order valence-corrected chi connectivity index (χ0v) is 14.1. The van der Waals surface area contributed by atoms with Gasteiger partial charge < -0.3 is 5.32 Å². The largest absolute Gasteiger partial charge is 0.378 e. The minimum Gasteiger partial charge on any atom is -0.378 e. The third-order valence-corrected chi connectivity index (χ3v) is 5.35. The number of nitrogens with one attached hydrogen (secondary N) is 1. The lowest BCUT2D eigenvalue weighted by atomic mass is 9.77. The number of nitrogens with zero attached hydrogens (tertiary/aromatic N) is 1. The first-order chi connectivity index (χ1) is 11.5. The van der Waals surface area contributed by atoms with E-state index in [-0.39, 0.29) is 28.5 Å². The number of hydrogen-bond acceptors (Lipinski definition) is 3. The molecule has 0 aromatic heterocycles. The van der Waals surface area contributed by atoms with Crippen molar-refractivity contribution in [1.29, 1.82) is 0 Å². The summed E-state index contributed by atoms with van der Waals surface area (Å²) < 4.78 is 0. The van der Waals surface area contributed by atoms with Gasteiger partial charge in [-0.05, 0) is 30.0 Å². The summed E-state index contributed by atoms with van der Waals surface area (Å²) in [6.45, 7) is 0. The van der Waals surface area contributed by atoms with Crippen molar-refractivity contribution >= 4 is 34.6 Å². The molecule has 2 aliphatic rings. The highest BCUT2D eigenvalue weighted by Crippen LogP contribution is 2.52. The summed E-state index contributed by atoms with van der Waals surface area (Å²) in [4.78, 5) is 10.7. The Morgan fingerprint density at radius 2 is 2.04 bits per heavy atom. The average molecular weight is 361 g/mol. The summed E-state index contributed by atoms with van der Waals surface area (Å²) in [7, 11) is 0. The number of hydrogen-bond donors (Lipinski definition) is 1. The van der Waals surface area contributed by atoms with Gasteiger partial charge in [0.1, 0.15) is 0 Å². The molecule has 0 saturated carbocycles. The smallest absolute Gasteiger partial charge is 0.269 e. The van der Waals surface area contributed by atoms with Crippen LogP contribution in [0.4, 0.5) is 11.4 Å². The van der Waals surface area contributed by atoms with Crippen LogP contribution in [-0.4, -0.2) is 4.92 Å². The Morgan fingerprint density at radius 1 is 1.21 bits per heavy atom. The maximum absolute atomic E-state index is 11.1. The number of fused-ring (bicyclic) bond motifs is 3. The Balaban J connectivity index is 1.81. The highest BCUT2D eigenvalue weighted by atomic mass is 35.5. The standard InChI is InChI=1S/C18H14Cl2N2O2/c19-11-8-15(20)17-13-5-2-6-14(13)18(21-16(17)9-11)10-3-1-4-12(7-10)22(23)24/h1-5,7-9,13-14,18,21H,6H2. The van der Waals surface area contributed by atoms with Gasteiger partial charge in [-0.2, -0.15) is 0 Å². The number of rotatable bonds is 2. The van der Waals surface area contributed by atoms with Gasteiger partial charge in [0.05, 0.1) is 11.0 Å². The lowest BCUT2D eigenvalue weighted by Crippen LogP contribution is -2.29. The summed E-state index contributed by atoms with van der Waals surface area (Å²) in [6, 6.07) is 10.4. The molecule has 122 valence electrons. The monoisotopic (exact) mass is 360 g/mol. The first-order valence-corrected chi connectivity index (χ1v) is 8.46. The van der Waals surface area contributed by atoms with Crippen LogP contribution in [0.1, 0.15) is 29.5 Å². The Labute approximate surface area is 149 Å². The molecule has 4 rings (SSSR count). The minimum atomic E-state index is -0.363. The van der Waals surface area contributed by atoms with Crippen LogP contribution >= 0.6 is 23.2 Å². The summed E-state index contributed by atoms with van der Waals surface area (Å²) in [5, 5.41) is 15.8. The van der Waals surface area contributed by atoms with Crippen LogP contribution in [0.5, 0.6) is 0 Å². The second kappa shape index (κ2) is 5.80. The second-order valence-electron chi connectivity index (χ2n) is 6.18. The van der Waals surface area contributed by atoms with Gasteiger partial charge >= 0.3 is 0 Å². The van der Waals surface area contributed by atoms with Crippen LogP contribution in [0, 0.1) is 16.0 Å². The molecule has 1 N–H and O–H groups in total. The molecular formula is C18H14Cl2N2O2. The van der Waals surface area contributed by atoms with Crippen LogP contribution in [0.15, 0.2) is 48.6 Å². The van der Waals surface area contributed by atoms with E-state index in [2.05, 4.69) is 17.5 Å². The van der Waals surface area contributed by atoms with E-state index in [1.165, 1.54) is 6.07 Å². The van der Waals surface area contributed by atoms with Crippen molar-refractivity contribution in [2.24, 2.45) is 5.92 Å². The van der Waals surface area contributed by atoms with E-state index in [9.17, 15) is 10.1 Å². The van der Waals surface area contributed by atoms with E-state index in [0.717, 1.165) is 23.2 Å². The maximum atomic E-state index is 11.1. The van der Waals surface area contributed by atoms with Gasteiger partial charge in [-0.15, -0.1) is 0 Å². The molecule has 3 unspecified atom stereocenters. The van der Waals surface area contributed by atoms with Crippen molar-refractivity contribution in [3.8, 4) is 0 Å². The Hall–Kier alpha value is -2.04. The molecule has 3 atom stereocenters. The quantitative estimate of drug-likeness (QED) is 0.422. The lowest BCUT2D eigenvalue weighted by Gasteiger charge is -2.38. The third-order valence-electron chi connectivity index (χ3n) is 4.82. The fourth-order valence-corrected chi connectivity index (χ4v) is 4.42. The van der Waals surface area contributed by atoms with E-state index in [4.69, 9.17) is 23.2 Å². The molecule has 0 bridgehead atoms. The SMILES string of the molecule is O=[N+]([O-])c1cccc(C2Nc3cc(Cl)cc(Cl)c3C3C=CCC32)c1. The second-order valence-corrected chi connectivity index (χ2v) is 7.02. The topological polar surface area (TPSA) is 55.2 Å². The Morgan fingerprint density at radius 3 is 2.83 bits per heavy atom. The van der Waals surface area contributed by atoms with E-state index < -0.39 is 0 Å². The normalized spacial score (nSPS) is 24.2. The van der Waals surface area contributed by atoms with Crippen LogP contribution in [0.25, 0.3) is 0 Å². The van der Waals surface area contributed by atoms with E-state index in [1.54, 1.807) is 18.2 Å². The number of non-ortho nitro benzene ring substituents is 1. The van der Waals surface area contributed by atoms with Gasteiger partial charge in [0.25, 0.3) is 5.69 Å². The molecular weight excluding hydrogens is 347 g/mol. The zero-order valence-electron chi connectivity index (χ0n) is 12.6. The first kappa shape index (κ1) is 15.5. The van der Waals surface area contributed by atoms with Crippen molar-refractivity contribution in [2.75, 3.05) is 5.32 Å². The Bertz CT molecular complexity index is 866. The van der Waals surface area contributed by atoms with Crippen molar-refractivity contribution in [3.63, 3.8) is 0 Å². The summed E-state index contributed by atoms with van der Waals surface area (Å²) >= 11 is 12.6. The number of anilines is 1. The zero-order chi connectivity index (χ0) is 16.8. The molecule has 24 heavy (non-hydrogen) atoms. The van der Waals surface area contributed by atoms with Crippen LogP contribution in [0.3, 0.4) is 0 Å². The van der Waals surface area contributed by atoms with Gasteiger partial charge in [0, 0.05) is 39.3 Å². The van der Waals surface area contributed by atoms with Crippen molar-refractivity contribution in [3.05, 3.63) is 79.8 Å². The van der Waals surface area contributed by atoms with Crippen molar-refractivity contribution in [1.82, 2.24) is 0 Å². The highest BCUT2D eigenvalue weighted by Gasteiger charge is 2.39. The maximum Gasteiger partial charge on any atom is 0.269 e. The molecule has 1 aliphatic carbocycles. The van der Waals surface area contributed by atoms with Gasteiger partial charge in [-0.3, -0.25) is 10.1 Å². The summed E-state index contributed by atoms with van der Waals surface area (Å²) in [6.07, 6.45) is 5.24. The van der Waals surface area contributed by atoms with Crippen molar-refractivity contribution in [2.45, 2.75) is 18.4 Å². The van der Waals surface area contributed by atoms with Crippen molar-refractivity contribution < 1.29 is 4.92 Å². The van der Waals surface area contributed by atoms with E-state index in [0.29, 0.717) is 10.0 Å². The summed E-state index contributed by atoms with van der Waals surface area (Å²) in [5.74, 6) is 0.466. The van der Waals surface area contributed by atoms with Gasteiger partial charge in [-0.25, -0.2) is 0 Å². The molecule has 0 fully saturated rings. The van der Waals surface area contributed by atoms with Gasteiger partial charge in [0.2, 0.25) is 0 Å². The predicted molar refractivity (Wildman–Crippen MR) is 95.9 cm³/mol. The fraction of sp³-hybridized carbons (Fsp3) is 0.222. The van der Waals surface area contributed by atoms with Gasteiger partial charge in [-0.1, -0.05) is 47.5 Å². The van der Waals surface area contributed by atoms with Crippen LogP contribution in [-0.2, 0) is 0 Å². The number of nitro benzene ring substituents is 1. The minimum absolute atomic E-state index is 0.0214. The molecule has 4 nitrogen and oxygen atoms in total. The molecule has 0 amide bonds. The number of benzene rings is 2. The van der Waals surface area contributed by atoms with Crippen LogP contribution < -0.4 is 5.32 Å².